The van der Waals surface area contributed by atoms with Crippen LogP contribution < -0.4 is 10.0 Å². The van der Waals surface area contributed by atoms with E-state index in [1.165, 1.54) is 0 Å². The van der Waals surface area contributed by atoms with E-state index in [1.807, 2.05) is 36.4 Å². The van der Waals surface area contributed by atoms with Gasteiger partial charge in [0.25, 0.3) is 10.0 Å². The fourth-order valence-electron chi connectivity index (χ4n) is 3.50. The second-order valence-electron chi connectivity index (χ2n) is 7.50. The van der Waals surface area contributed by atoms with Crippen LogP contribution in [0, 0.1) is 13.8 Å². The lowest BCUT2D eigenvalue weighted by atomic mass is 9.98. The minimum absolute atomic E-state index is 0.0675. The summed E-state index contributed by atoms with van der Waals surface area (Å²) in [4.78, 5) is 8.45. The van der Waals surface area contributed by atoms with Gasteiger partial charge < -0.3 is 5.32 Å². The first-order valence-electron chi connectivity index (χ1n) is 10.2. The van der Waals surface area contributed by atoms with Crippen molar-refractivity contribution < 1.29 is 8.42 Å². The average Bonchev–Trinajstić information content (AvgIpc) is 2.78. The molecule has 0 spiro atoms. The van der Waals surface area contributed by atoms with E-state index >= 15 is 0 Å². The third kappa shape index (κ3) is 5.12. The van der Waals surface area contributed by atoms with Crippen LogP contribution in [-0.4, -0.2) is 18.4 Å². The fourth-order valence-corrected chi connectivity index (χ4v) is 4.44. The summed E-state index contributed by atoms with van der Waals surface area (Å²) in [5.41, 5.74) is 4.43. The zero-order valence-electron chi connectivity index (χ0n) is 17.9. The normalized spacial score (nSPS) is 11.3. The Morgan fingerprint density at radius 2 is 1.22 bits per heavy atom. The van der Waals surface area contributed by atoms with Crippen molar-refractivity contribution in [1.82, 2.24) is 9.97 Å². The van der Waals surface area contributed by atoms with Gasteiger partial charge in [0.05, 0.1) is 10.9 Å². The summed E-state index contributed by atoms with van der Waals surface area (Å²) in [5.74, 6) is 0.0675. The van der Waals surface area contributed by atoms with E-state index in [0.717, 1.165) is 16.8 Å². The van der Waals surface area contributed by atoms with Gasteiger partial charge in [-0.3, -0.25) is 0 Å². The smallest absolute Gasteiger partial charge is 0.264 e. The molecule has 0 fully saturated rings. The van der Waals surface area contributed by atoms with E-state index < -0.39 is 10.0 Å². The van der Waals surface area contributed by atoms with Crippen molar-refractivity contribution in [2.75, 3.05) is 10.0 Å². The number of nitrogens with zero attached hydrogens (tertiary/aromatic N) is 2. The van der Waals surface area contributed by atoms with E-state index in [4.69, 9.17) is 0 Å². The summed E-state index contributed by atoms with van der Waals surface area (Å²) in [6.07, 6.45) is 0. The predicted octanol–water partition coefficient (Wildman–Crippen LogP) is 5.10. The monoisotopic (exact) mass is 444 g/mol. The van der Waals surface area contributed by atoms with Crippen LogP contribution in [0.25, 0.3) is 0 Å². The molecule has 6 nitrogen and oxygen atoms in total. The van der Waals surface area contributed by atoms with E-state index in [9.17, 15) is 8.42 Å². The second-order valence-corrected chi connectivity index (χ2v) is 9.19. The molecule has 0 saturated heterocycles. The van der Waals surface area contributed by atoms with Gasteiger partial charge >= 0.3 is 0 Å². The van der Waals surface area contributed by atoms with Crippen LogP contribution >= 0.6 is 0 Å². The van der Waals surface area contributed by atoms with Crippen LogP contribution in [0.15, 0.2) is 95.9 Å². The van der Waals surface area contributed by atoms with Crippen LogP contribution in [-0.2, 0) is 10.0 Å². The number of hydrogen-bond acceptors (Lipinski definition) is 5. The zero-order valence-corrected chi connectivity index (χ0v) is 18.7. The van der Waals surface area contributed by atoms with Crippen LogP contribution in [0.5, 0.6) is 0 Å². The predicted molar refractivity (Wildman–Crippen MR) is 127 cm³/mol. The topological polar surface area (TPSA) is 84.0 Å². The van der Waals surface area contributed by atoms with Crippen molar-refractivity contribution in [2.45, 2.75) is 24.8 Å². The van der Waals surface area contributed by atoms with Crippen LogP contribution in [0.3, 0.4) is 0 Å². The van der Waals surface area contributed by atoms with Crippen molar-refractivity contribution in [3.05, 3.63) is 114 Å². The van der Waals surface area contributed by atoms with Crippen LogP contribution in [0.2, 0.25) is 0 Å². The van der Waals surface area contributed by atoms with Gasteiger partial charge in [0.1, 0.15) is 0 Å². The van der Waals surface area contributed by atoms with E-state index in [-0.39, 0.29) is 16.9 Å². The molecular weight excluding hydrogens is 420 g/mol. The van der Waals surface area contributed by atoms with Crippen LogP contribution in [0.1, 0.15) is 28.6 Å². The van der Waals surface area contributed by atoms with Crippen molar-refractivity contribution in [3.63, 3.8) is 0 Å². The van der Waals surface area contributed by atoms with Gasteiger partial charge in [0.2, 0.25) is 5.95 Å². The molecule has 0 atom stereocenters. The molecule has 162 valence electrons. The molecule has 3 aromatic carbocycles. The molecule has 7 heteroatoms. The third-order valence-corrected chi connectivity index (χ3v) is 6.29. The highest BCUT2D eigenvalue weighted by Gasteiger charge is 2.18. The zero-order chi connectivity index (χ0) is 22.6. The highest BCUT2D eigenvalue weighted by atomic mass is 32.2. The van der Waals surface area contributed by atoms with Crippen molar-refractivity contribution in [1.29, 1.82) is 0 Å². The van der Waals surface area contributed by atoms with Gasteiger partial charge in [0, 0.05) is 17.1 Å². The van der Waals surface area contributed by atoms with Gasteiger partial charge in [-0.25, -0.2) is 23.1 Å². The lowest BCUT2D eigenvalue weighted by Gasteiger charge is -2.21. The van der Waals surface area contributed by atoms with Gasteiger partial charge in [-0.2, -0.15) is 0 Å². The molecule has 0 aliphatic carbocycles. The number of hydrogen-bond donors (Lipinski definition) is 2. The quantitative estimate of drug-likeness (QED) is 0.414. The maximum Gasteiger partial charge on any atom is 0.264 e. The molecule has 1 aromatic heterocycles. The van der Waals surface area contributed by atoms with Crippen LogP contribution in [0.4, 0.5) is 11.6 Å². The number of benzene rings is 3. The summed E-state index contributed by atoms with van der Waals surface area (Å²) in [6.45, 7) is 3.59. The lowest BCUT2D eigenvalue weighted by Crippen LogP contribution is -2.16. The first-order valence-corrected chi connectivity index (χ1v) is 11.7. The van der Waals surface area contributed by atoms with Crippen molar-refractivity contribution >= 4 is 21.7 Å². The summed E-state index contributed by atoms with van der Waals surface area (Å²) in [7, 11) is -3.80. The summed E-state index contributed by atoms with van der Waals surface area (Å²) in [6, 6.07) is 28.6. The number of aromatic nitrogens is 2. The van der Waals surface area contributed by atoms with Gasteiger partial charge in [-0.05, 0) is 55.3 Å². The number of nitrogens with one attached hydrogen (secondary N) is 2. The van der Waals surface area contributed by atoms with Gasteiger partial charge in [-0.15, -0.1) is 0 Å². The van der Waals surface area contributed by atoms with E-state index in [1.54, 1.807) is 44.2 Å². The number of aryl methyl sites for hydroxylation is 2. The molecule has 0 amide bonds. The Labute approximate surface area is 188 Å². The molecule has 2 N–H and O–H groups in total. The molecule has 4 aromatic rings. The summed E-state index contributed by atoms with van der Waals surface area (Å²) < 4.78 is 28.0. The number of sulfonamides is 1. The first-order chi connectivity index (χ1) is 15.4. The minimum Gasteiger partial charge on any atom is -0.374 e. The summed E-state index contributed by atoms with van der Waals surface area (Å²) in [5, 5.41) is 3.51. The average molecular weight is 445 g/mol. The third-order valence-electron chi connectivity index (χ3n) is 4.95. The maximum absolute atomic E-state index is 12.8. The minimum atomic E-state index is -3.80. The molecule has 0 saturated carbocycles. The Kier molecular flexibility index (Phi) is 6.18. The molecule has 1 heterocycles. The second kappa shape index (κ2) is 9.20. The molecule has 0 aliphatic heterocycles. The Morgan fingerprint density at radius 3 is 1.72 bits per heavy atom. The molecule has 0 radical (unpaired) electrons. The molecule has 4 rings (SSSR count). The Bertz CT molecular complexity index is 1230. The largest absolute Gasteiger partial charge is 0.374 e. The Balaban J connectivity index is 1.57. The highest BCUT2D eigenvalue weighted by Crippen LogP contribution is 2.27. The van der Waals surface area contributed by atoms with Gasteiger partial charge in [-0.1, -0.05) is 60.7 Å². The van der Waals surface area contributed by atoms with Crippen molar-refractivity contribution in [2.24, 2.45) is 0 Å². The molecule has 32 heavy (non-hydrogen) atoms. The SMILES string of the molecule is Cc1cc(C)nc(NS(=O)(=O)c2ccc(NC(c3ccccc3)c3ccccc3)cc2)n1. The Morgan fingerprint density at radius 1 is 0.719 bits per heavy atom. The molecule has 0 bridgehead atoms. The molecule has 0 unspecified atom stereocenters. The first kappa shape index (κ1) is 21.5. The highest BCUT2D eigenvalue weighted by molar-refractivity contribution is 7.92. The standard InChI is InChI=1S/C25H24N4O2S/c1-18-17-19(2)27-25(26-18)29-32(30,31)23-15-13-22(14-16-23)28-24(20-9-5-3-6-10-20)21-11-7-4-8-12-21/h3-17,24,28H,1-2H3,(H,26,27,29). The maximum atomic E-state index is 12.8. The molecule has 0 aliphatic rings. The van der Waals surface area contributed by atoms with Crippen molar-refractivity contribution in [3.8, 4) is 0 Å². The van der Waals surface area contributed by atoms with Gasteiger partial charge in [0.15, 0.2) is 0 Å². The molecular formula is C25H24N4O2S. The van der Waals surface area contributed by atoms with E-state index in [2.05, 4.69) is 44.3 Å². The number of rotatable bonds is 7. The lowest BCUT2D eigenvalue weighted by molar-refractivity contribution is 0.601. The number of anilines is 2. The Hall–Kier alpha value is -3.71. The fraction of sp³-hybridized carbons (Fsp3) is 0.120. The van der Waals surface area contributed by atoms with E-state index in [0.29, 0.717) is 11.4 Å². The summed E-state index contributed by atoms with van der Waals surface area (Å²) >= 11 is 0.